The van der Waals surface area contributed by atoms with E-state index in [9.17, 15) is 0 Å². The zero-order chi connectivity index (χ0) is 11.9. The Hall–Kier alpha value is -1.32. The fourth-order valence-corrected chi connectivity index (χ4v) is 2.85. The molecule has 0 N–H and O–H groups in total. The molecule has 0 saturated carbocycles. The van der Waals surface area contributed by atoms with Crippen molar-refractivity contribution in [2.45, 2.75) is 6.42 Å². The molecule has 0 spiro atoms. The predicted molar refractivity (Wildman–Crippen MR) is 76.5 cm³/mol. The highest BCUT2D eigenvalue weighted by atomic mass is 32.1. The monoisotopic (exact) mass is 262 g/mol. The number of rotatable bonds is 5. The molecule has 1 nitrogen and oxygen atoms in total. The minimum atomic E-state index is 0.919. The van der Waals surface area contributed by atoms with Gasteiger partial charge in [-0.3, -0.25) is 0 Å². The van der Waals surface area contributed by atoms with Crippen LogP contribution in [0.4, 0.5) is 0 Å². The molecule has 3 heteroatoms. The number of thiophene rings is 2. The first-order valence-electron chi connectivity index (χ1n) is 5.37. The largest absolute Gasteiger partial charge is 0.495 e. The van der Waals surface area contributed by atoms with Gasteiger partial charge in [0.15, 0.2) is 0 Å². The summed E-state index contributed by atoms with van der Waals surface area (Å²) in [4.78, 5) is 2.54. The van der Waals surface area contributed by atoms with Crippen LogP contribution in [0.2, 0.25) is 0 Å². The number of hydrogen-bond acceptors (Lipinski definition) is 3. The van der Waals surface area contributed by atoms with Gasteiger partial charge in [0.25, 0.3) is 0 Å². The van der Waals surface area contributed by atoms with Crippen LogP contribution in [0, 0.1) is 0 Å². The van der Waals surface area contributed by atoms with Crippen LogP contribution >= 0.6 is 22.7 Å². The number of hydrogen-bond donors (Lipinski definition) is 0. The smallest absolute Gasteiger partial charge is 0.136 e. The van der Waals surface area contributed by atoms with Crippen molar-refractivity contribution in [1.29, 1.82) is 0 Å². The number of ether oxygens (including phenoxy) is 1. The Labute approximate surface area is 110 Å². The quantitative estimate of drug-likeness (QED) is 0.565. The summed E-state index contributed by atoms with van der Waals surface area (Å²) in [5.41, 5.74) is 0. The Balaban J connectivity index is 1.96. The van der Waals surface area contributed by atoms with E-state index >= 15 is 0 Å². The zero-order valence-electron chi connectivity index (χ0n) is 9.63. The molecular weight excluding hydrogens is 248 g/mol. The summed E-state index contributed by atoms with van der Waals surface area (Å²) in [5.74, 6) is 0.919. The lowest BCUT2D eigenvalue weighted by atomic mass is 10.3. The molecule has 0 amide bonds. The second-order valence-corrected chi connectivity index (χ2v) is 5.40. The third-order valence-electron chi connectivity index (χ3n) is 2.27. The van der Waals surface area contributed by atoms with Gasteiger partial charge in [-0.1, -0.05) is 24.3 Å². The third-order valence-corrected chi connectivity index (χ3v) is 4.05. The zero-order valence-corrected chi connectivity index (χ0v) is 11.3. The fourth-order valence-electron chi connectivity index (χ4n) is 1.44. The van der Waals surface area contributed by atoms with Crippen molar-refractivity contribution < 1.29 is 4.74 Å². The molecule has 0 aliphatic rings. The van der Waals surface area contributed by atoms with E-state index in [4.69, 9.17) is 4.74 Å². The van der Waals surface area contributed by atoms with E-state index in [1.807, 2.05) is 12.1 Å². The van der Waals surface area contributed by atoms with Crippen molar-refractivity contribution in [3.05, 3.63) is 63.0 Å². The van der Waals surface area contributed by atoms with Crippen LogP contribution in [0.3, 0.4) is 0 Å². The van der Waals surface area contributed by atoms with Gasteiger partial charge in [0.1, 0.15) is 5.76 Å². The van der Waals surface area contributed by atoms with Crippen molar-refractivity contribution >= 4 is 28.4 Å². The van der Waals surface area contributed by atoms with Gasteiger partial charge in [-0.2, -0.15) is 0 Å². The van der Waals surface area contributed by atoms with E-state index in [-0.39, 0.29) is 0 Å². The molecule has 88 valence electrons. The van der Waals surface area contributed by atoms with Crippen molar-refractivity contribution in [1.82, 2.24) is 0 Å². The molecule has 0 radical (unpaired) electrons. The van der Waals surface area contributed by atoms with Crippen molar-refractivity contribution in [2.75, 3.05) is 7.11 Å². The maximum atomic E-state index is 5.35. The van der Waals surface area contributed by atoms with Gasteiger partial charge in [0.2, 0.25) is 0 Å². The summed E-state index contributed by atoms with van der Waals surface area (Å²) in [6, 6.07) is 8.32. The van der Waals surface area contributed by atoms with Crippen LogP contribution in [0.25, 0.3) is 5.76 Å². The van der Waals surface area contributed by atoms with Crippen LogP contribution in [-0.2, 0) is 11.2 Å². The second-order valence-electron chi connectivity index (χ2n) is 3.42. The van der Waals surface area contributed by atoms with E-state index in [0.29, 0.717) is 0 Å². The maximum absolute atomic E-state index is 5.35. The lowest BCUT2D eigenvalue weighted by Gasteiger charge is -2.00. The second kappa shape index (κ2) is 6.42. The summed E-state index contributed by atoms with van der Waals surface area (Å²) in [6.07, 6.45) is 7.20. The highest BCUT2D eigenvalue weighted by molar-refractivity contribution is 7.11. The highest BCUT2D eigenvalue weighted by Gasteiger charge is 1.99. The van der Waals surface area contributed by atoms with Crippen LogP contribution in [0.1, 0.15) is 9.75 Å². The average molecular weight is 262 g/mol. The third kappa shape index (κ3) is 3.58. The Morgan fingerprint density at radius 2 is 2.06 bits per heavy atom. The van der Waals surface area contributed by atoms with E-state index in [0.717, 1.165) is 17.1 Å². The van der Waals surface area contributed by atoms with Crippen LogP contribution in [0.15, 0.2) is 53.3 Å². The molecule has 0 unspecified atom stereocenters. The minimum absolute atomic E-state index is 0.919. The molecule has 2 rings (SSSR count). The Bertz CT molecular complexity index is 478. The van der Waals surface area contributed by atoms with Crippen molar-refractivity contribution in [3.63, 3.8) is 0 Å². The molecular formula is C14H14OS2. The van der Waals surface area contributed by atoms with Gasteiger partial charge in [0, 0.05) is 11.3 Å². The first kappa shape index (κ1) is 12.1. The molecule has 0 saturated heterocycles. The van der Waals surface area contributed by atoms with Crippen molar-refractivity contribution in [3.8, 4) is 0 Å². The molecule has 0 aliphatic heterocycles. The van der Waals surface area contributed by atoms with E-state index in [2.05, 4.69) is 41.1 Å². The van der Waals surface area contributed by atoms with Gasteiger partial charge in [-0.05, 0) is 29.0 Å². The first-order chi connectivity index (χ1) is 8.40. The molecule has 0 atom stereocenters. The maximum Gasteiger partial charge on any atom is 0.136 e. The molecule has 2 aromatic rings. The normalized spacial score (nSPS) is 12.2. The van der Waals surface area contributed by atoms with E-state index in [1.165, 1.54) is 4.88 Å². The van der Waals surface area contributed by atoms with Gasteiger partial charge in [-0.25, -0.2) is 0 Å². The fraction of sp³-hybridized carbons (Fsp3) is 0.143. The summed E-state index contributed by atoms with van der Waals surface area (Å²) in [7, 11) is 1.71. The van der Waals surface area contributed by atoms with Crippen LogP contribution < -0.4 is 0 Å². The lowest BCUT2D eigenvalue weighted by molar-refractivity contribution is 0.371. The average Bonchev–Trinajstić information content (AvgIpc) is 3.01. The predicted octanol–water partition coefficient (Wildman–Crippen LogP) is 4.60. The summed E-state index contributed by atoms with van der Waals surface area (Å²) < 4.78 is 5.35. The van der Waals surface area contributed by atoms with E-state index in [1.54, 1.807) is 29.8 Å². The van der Waals surface area contributed by atoms with Crippen LogP contribution in [-0.4, -0.2) is 7.11 Å². The van der Waals surface area contributed by atoms with Crippen molar-refractivity contribution in [2.24, 2.45) is 0 Å². The summed E-state index contributed by atoms with van der Waals surface area (Å²) in [5, 5.41) is 4.16. The topological polar surface area (TPSA) is 9.23 Å². The molecule has 0 aliphatic carbocycles. The highest BCUT2D eigenvalue weighted by Crippen LogP contribution is 2.20. The molecule has 2 aromatic heterocycles. The molecule has 0 fully saturated rings. The number of allylic oxidation sites excluding steroid dienone is 3. The standard InChI is InChI=1S/C14H14OS2/c1-15-13(14-9-5-11-17-14)8-3-2-6-12-7-4-10-16-12/h2-5,7-11H,6H2,1H3/b3-2+,13-8-. The summed E-state index contributed by atoms with van der Waals surface area (Å²) in [6.45, 7) is 0. The lowest BCUT2D eigenvalue weighted by Crippen LogP contribution is -1.81. The Morgan fingerprint density at radius 1 is 1.24 bits per heavy atom. The first-order valence-corrected chi connectivity index (χ1v) is 7.13. The molecule has 0 bridgehead atoms. The van der Waals surface area contributed by atoms with Gasteiger partial charge in [-0.15, -0.1) is 22.7 Å². The summed E-state index contributed by atoms with van der Waals surface area (Å²) >= 11 is 3.47. The Morgan fingerprint density at radius 3 is 2.71 bits per heavy atom. The van der Waals surface area contributed by atoms with Crippen LogP contribution in [0.5, 0.6) is 0 Å². The number of methoxy groups -OCH3 is 1. The Kier molecular flexibility index (Phi) is 4.59. The molecule has 2 heterocycles. The van der Waals surface area contributed by atoms with Gasteiger partial charge in [0.05, 0.1) is 12.0 Å². The molecule has 0 aromatic carbocycles. The minimum Gasteiger partial charge on any atom is -0.495 e. The molecule has 17 heavy (non-hydrogen) atoms. The van der Waals surface area contributed by atoms with Gasteiger partial charge >= 0.3 is 0 Å². The van der Waals surface area contributed by atoms with Gasteiger partial charge < -0.3 is 4.74 Å². The SMILES string of the molecule is CO/C(=C\C=C\Cc1cccs1)c1cccs1. The van der Waals surface area contributed by atoms with E-state index < -0.39 is 0 Å².